The quantitative estimate of drug-likeness (QED) is 0.0139. The Labute approximate surface area is 670 Å². The second kappa shape index (κ2) is 41.0. The zero-order valence-electron chi connectivity index (χ0n) is 63.5. The standard InChI is InChI=1S/C83H100N14O15S2/c1-4-33-96-45-56(40-60-59-22-15-25-62-71(59)55(44-87-62)42-70(60)96)80(107)97(82(110)85-5-2)34-16-35-112-83(111)94-65(37-49-17-7-6-8-18-49)75(102)92-68(46-113)77(104)89-64(38-50-27-30-57(99)31-28-50)74(101)90-66(41-54-43-86-61-23-12-11-21-58(54)61)76(103)88-63(24-13-14-32-84)73(100)95-72(48(3)98)79(106)93-69(47-114)78(105)91-67(81(108)109)39-51-26-29-52-19-9-10-20-53(52)36-51/h4,6-12,15,17-23,25-31,36,43-44,48,56,60,63-70,72,86-87,98-99,113-114H,1,5,13-14,16,24,32-35,37-42,45-47,84H2,2-3H3,(H,85,110)(H,88,103)(H,89,104)(H,90,101)(H,91,105)(H,92,102)(H,93,106)(H,94,111)(H,95,100)(H,108,109)/t48-,56-,60?,63+,64+,65-,66-,67+,68+,69+,70?,72+/m1/s1. The summed E-state index contributed by atoms with van der Waals surface area (Å²) >= 11 is 8.72. The average molecular weight is 1600 g/mol. The minimum absolute atomic E-state index is 0.00343. The van der Waals surface area contributed by atoms with Crippen LogP contribution in [0.3, 0.4) is 0 Å². The number of H-pyrrole nitrogens is 2. The van der Waals surface area contributed by atoms with Crippen LogP contribution in [0.4, 0.5) is 9.59 Å². The van der Waals surface area contributed by atoms with Crippen molar-refractivity contribution >= 4 is 123 Å². The minimum Gasteiger partial charge on any atom is -0.508 e. The van der Waals surface area contributed by atoms with Crippen molar-refractivity contribution in [1.82, 2.24) is 67.6 Å². The molecule has 12 atom stereocenters. The Balaban J connectivity index is 0.815. The number of nitrogens with two attached hydrogens (primary N) is 1. The number of aliphatic carboxylic acids is 1. The van der Waals surface area contributed by atoms with Crippen LogP contribution in [0.5, 0.6) is 5.75 Å². The van der Waals surface area contributed by atoms with Crippen LogP contribution >= 0.6 is 25.3 Å². The first kappa shape index (κ1) is 85.2. The number of aromatic hydroxyl groups is 1. The number of aliphatic hydroxyl groups is 1. The molecular weight excluding hydrogens is 1500 g/mol. The minimum atomic E-state index is -1.77. The highest BCUT2D eigenvalue weighted by Gasteiger charge is 2.45. The number of imide groups is 1. The number of aromatic nitrogens is 2. The van der Waals surface area contributed by atoms with E-state index in [4.69, 9.17) is 10.5 Å². The fourth-order valence-electron chi connectivity index (χ4n) is 14.8. The second-order valence-corrected chi connectivity index (χ2v) is 29.5. The number of rotatable bonds is 39. The number of carboxylic acid groups (broad SMARTS) is 1. The van der Waals surface area contributed by atoms with Crippen molar-refractivity contribution in [3.8, 4) is 5.75 Å². The number of amides is 11. The van der Waals surface area contributed by atoms with E-state index in [9.17, 15) is 58.5 Å². The van der Waals surface area contributed by atoms with Crippen molar-refractivity contribution in [3.63, 3.8) is 0 Å². The van der Waals surface area contributed by atoms with E-state index >= 15 is 9.59 Å². The number of urea groups is 1. The summed E-state index contributed by atoms with van der Waals surface area (Å²) in [5, 5.41) is 58.9. The lowest BCUT2D eigenvalue weighted by atomic mass is 9.72. The van der Waals surface area contributed by atoms with Crippen molar-refractivity contribution in [2.24, 2.45) is 11.7 Å². The highest BCUT2D eigenvalue weighted by atomic mass is 32.1. The number of carbonyl (C=O) groups is 11. The first-order valence-electron chi connectivity index (χ1n) is 38.2. The van der Waals surface area contributed by atoms with Crippen molar-refractivity contribution in [1.29, 1.82) is 0 Å². The molecule has 0 radical (unpaired) electrons. The number of para-hydroxylation sites is 1. The molecule has 1 aliphatic heterocycles. The van der Waals surface area contributed by atoms with Gasteiger partial charge in [-0.1, -0.05) is 121 Å². The van der Waals surface area contributed by atoms with Crippen molar-refractivity contribution in [3.05, 3.63) is 198 Å². The van der Waals surface area contributed by atoms with Crippen LogP contribution in [0.1, 0.15) is 85.3 Å². The molecule has 29 nitrogen and oxygen atoms in total. The number of alkyl carbamates (subject to hydrolysis) is 1. The number of aliphatic hydroxyl groups excluding tert-OH is 1. The van der Waals surface area contributed by atoms with E-state index in [1.807, 2.05) is 54.7 Å². The maximum Gasteiger partial charge on any atom is 0.407 e. The van der Waals surface area contributed by atoms with E-state index in [0.717, 1.165) is 33.7 Å². The lowest BCUT2D eigenvalue weighted by molar-refractivity contribution is -0.142. The lowest BCUT2D eigenvalue weighted by Gasteiger charge is -2.47. The van der Waals surface area contributed by atoms with E-state index < -0.39 is 120 Å². The number of nitrogens with one attached hydrogen (secondary N) is 11. The molecule has 2 unspecified atom stereocenters. The normalized spacial score (nSPS) is 16.8. The van der Waals surface area contributed by atoms with Gasteiger partial charge in [-0.2, -0.15) is 25.3 Å². The van der Waals surface area contributed by atoms with E-state index in [1.54, 1.807) is 79.9 Å². The predicted molar refractivity (Wildman–Crippen MR) is 437 cm³/mol. The molecule has 31 heteroatoms. The molecular formula is C83H100N14O15S2. The van der Waals surface area contributed by atoms with Gasteiger partial charge in [0, 0.05) is 110 Å². The van der Waals surface area contributed by atoms with E-state index in [0.29, 0.717) is 59.1 Å². The smallest absolute Gasteiger partial charge is 0.407 e. The van der Waals surface area contributed by atoms with Crippen LogP contribution in [0.2, 0.25) is 0 Å². The first-order valence-corrected chi connectivity index (χ1v) is 39.5. The number of carbonyl (C=O) groups excluding carboxylic acids is 10. The second-order valence-electron chi connectivity index (χ2n) is 28.7. The van der Waals surface area contributed by atoms with Gasteiger partial charge < -0.3 is 83.6 Å². The Kier molecular flexibility index (Phi) is 30.6. The number of benzene rings is 6. The predicted octanol–water partition coefficient (Wildman–Crippen LogP) is 4.89. The van der Waals surface area contributed by atoms with Crippen LogP contribution in [-0.4, -0.2) is 212 Å². The number of hydrogen-bond acceptors (Lipinski definition) is 18. The molecule has 6 aromatic carbocycles. The van der Waals surface area contributed by atoms with Crippen LogP contribution in [0, 0.1) is 5.92 Å². The van der Waals surface area contributed by atoms with Gasteiger partial charge in [0.15, 0.2) is 0 Å². The van der Waals surface area contributed by atoms with Gasteiger partial charge in [0.05, 0.1) is 18.6 Å². The van der Waals surface area contributed by atoms with Crippen molar-refractivity contribution < 1.29 is 72.8 Å². The topological polar surface area (TPSA) is 430 Å². The summed E-state index contributed by atoms with van der Waals surface area (Å²) in [7, 11) is 0. The van der Waals surface area contributed by atoms with Gasteiger partial charge in [0.2, 0.25) is 47.3 Å². The SMILES string of the molecule is C=CCN1C[C@H](C(=O)N(CCCOC(=O)N[C@H](Cc2ccccc2)C(=O)N[C@@H](CS)C(=O)N[C@@H](Cc2ccc(O)cc2)C(=O)N[C@H](Cc2c[nH]c3ccccc23)C(=O)N[C@@H](CCCCN)C(=O)N[C@H](C(=O)N[C@@H](CS)C(=O)N[C@@H](Cc2ccc3ccccc3c2)C(=O)O)[C@@H](C)O)C(=O)NCC)CC2c3cccc4[nH]cc(c34)CC21. The maximum absolute atomic E-state index is 15.2. The summed E-state index contributed by atoms with van der Waals surface area (Å²) < 4.78 is 5.64. The summed E-state index contributed by atoms with van der Waals surface area (Å²) in [4.78, 5) is 167. The van der Waals surface area contributed by atoms with Crippen molar-refractivity contribution in [2.75, 3.05) is 50.8 Å². The molecule has 10 rings (SSSR count). The van der Waals surface area contributed by atoms with Crippen LogP contribution in [0.15, 0.2) is 165 Å². The average Bonchev–Trinajstić information content (AvgIpc) is 1.49. The number of aromatic amines is 2. The number of piperidine rings is 1. The monoisotopic (exact) mass is 1600 g/mol. The zero-order valence-corrected chi connectivity index (χ0v) is 65.3. The molecule has 1 saturated heterocycles. The van der Waals surface area contributed by atoms with Gasteiger partial charge >= 0.3 is 18.1 Å². The summed E-state index contributed by atoms with van der Waals surface area (Å²) in [6.45, 7) is 7.92. The Hall–Kier alpha value is -11.3. The molecule has 0 spiro atoms. The third-order valence-corrected chi connectivity index (χ3v) is 21.4. The van der Waals surface area contributed by atoms with Gasteiger partial charge in [-0.3, -0.25) is 48.2 Å². The number of thiol groups is 2. The molecule has 0 saturated carbocycles. The Morgan fingerprint density at radius 2 is 1.19 bits per heavy atom. The molecule has 114 heavy (non-hydrogen) atoms. The number of unbranched alkanes of at least 4 members (excludes halogenated alkanes) is 1. The summed E-state index contributed by atoms with van der Waals surface area (Å²) in [5.74, 6) is -9.65. The molecule has 604 valence electrons. The zero-order chi connectivity index (χ0) is 81.5. The number of phenols is 1. The summed E-state index contributed by atoms with van der Waals surface area (Å²) in [6.07, 6.45) is 4.02. The Morgan fingerprint density at radius 1 is 0.623 bits per heavy atom. The summed E-state index contributed by atoms with van der Waals surface area (Å²) in [5.41, 5.74) is 12.1. The van der Waals surface area contributed by atoms with Gasteiger partial charge in [0.25, 0.3) is 0 Å². The fraction of sp³-hybridized carbons (Fsp3) is 0.386. The summed E-state index contributed by atoms with van der Waals surface area (Å²) in [6, 6.07) is 28.0. The number of ether oxygens (including phenoxy) is 1. The number of nitrogens with zero attached hydrogens (tertiary/aromatic N) is 2. The van der Waals surface area contributed by atoms with Gasteiger partial charge in [-0.25, -0.2) is 14.4 Å². The fourth-order valence-corrected chi connectivity index (χ4v) is 15.3. The number of phenolic OH excluding ortho intramolecular Hbond substituents is 1. The van der Waals surface area contributed by atoms with Gasteiger partial charge in [-0.15, -0.1) is 6.58 Å². The number of likely N-dealkylation sites (tertiary alicyclic amines) is 1. The van der Waals surface area contributed by atoms with E-state index in [1.165, 1.54) is 41.7 Å². The number of hydrogen-bond donors (Lipinski definition) is 17. The Morgan fingerprint density at radius 3 is 1.86 bits per heavy atom. The molecule has 3 heterocycles. The molecule has 0 bridgehead atoms. The van der Waals surface area contributed by atoms with Crippen LogP contribution in [0.25, 0.3) is 32.6 Å². The number of carboxylic acids is 1. The lowest BCUT2D eigenvalue weighted by Crippen LogP contribution is -2.62. The van der Waals surface area contributed by atoms with Gasteiger partial charge in [0.1, 0.15) is 54.1 Å². The van der Waals surface area contributed by atoms with E-state index in [-0.39, 0.29) is 106 Å². The first-order chi connectivity index (χ1) is 55.0. The largest absolute Gasteiger partial charge is 0.508 e. The highest BCUT2D eigenvalue weighted by molar-refractivity contribution is 7.80. The molecule has 8 aromatic rings. The third-order valence-electron chi connectivity index (χ3n) is 20.7. The van der Waals surface area contributed by atoms with Crippen molar-refractivity contribution in [2.45, 2.75) is 144 Å². The van der Waals surface area contributed by atoms with Crippen LogP contribution in [-0.2, 0) is 80.0 Å². The van der Waals surface area contributed by atoms with Gasteiger partial charge in [-0.05, 0) is 127 Å². The van der Waals surface area contributed by atoms with E-state index in [2.05, 4.69) is 101 Å². The maximum atomic E-state index is 15.2. The highest BCUT2D eigenvalue weighted by Crippen LogP contribution is 2.45. The Bertz CT molecular complexity index is 4730. The molecule has 1 fully saturated rings. The molecule has 2 aromatic heterocycles. The molecule has 2 aliphatic rings. The third kappa shape index (κ3) is 22.4. The number of fused-ring (bicyclic) bond motifs is 4. The molecule has 11 amide bonds. The molecule has 16 N–H and O–H groups in total. The van der Waals surface area contributed by atoms with Crippen LogP contribution < -0.4 is 53.6 Å². The molecule has 1 aliphatic carbocycles.